The van der Waals surface area contributed by atoms with Gasteiger partial charge in [0.05, 0.1) is 12.2 Å². The Hall–Kier alpha value is -0.420. The molecule has 1 heterocycles. The molecule has 3 nitrogen and oxygen atoms in total. The third-order valence-corrected chi connectivity index (χ3v) is 3.84. The molecular weight excluding hydrogens is 234 g/mol. The number of ether oxygens (including phenoxy) is 1. The maximum absolute atomic E-state index is 10.3. The van der Waals surface area contributed by atoms with Crippen LogP contribution < -0.4 is 5.32 Å². The normalized spacial score (nSPS) is 14.8. The summed E-state index contributed by atoms with van der Waals surface area (Å²) in [5, 5.41) is 13.4. The van der Waals surface area contributed by atoms with Gasteiger partial charge in [0.25, 0.3) is 0 Å². The maximum atomic E-state index is 10.3. The molecule has 0 radical (unpaired) electrons. The highest BCUT2D eigenvalue weighted by Gasteiger charge is 2.21. The van der Waals surface area contributed by atoms with E-state index in [9.17, 15) is 5.11 Å². The number of rotatable bonds is 8. The van der Waals surface area contributed by atoms with E-state index in [1.165, 1.54) is 9.75 Å². The standard InChI is InChI=1S/C13H23NO2S/c1-4-11-5-6-12(17-11)9-13(2,15)10-14-7-8-16-3/h5-6,14-15H,4,7-10H2,1-3H3. The molecule has 1 atom stereocenters. The van der Waals surface area contributed by atoms with Crippen molar-refractivity contribution in [2.24, 2.45) is 0 Å². The van der Waals surface area contributed by atoms with Crippen LogP contribution in [0.5, 0.6) is 0 Å². The number of nitrogens with one attached hydrogen (secondary N) is 1. The number of thiophene rings is 1. The van der Waals surface area contributed by atoms with Gasteiger partial charge in [0.15, 0.2) is 0 Å². The second-order valence-corrected chi connectivity index (χ2v) is 5.82. The van der Waals surface area contributed by atoms with E-state index >= 15 is 0 Å². The van der Waals surface area contributed by atoms with Gasteiger partial charge in [0.2, 0.25) is 0 Å². The Morgan fingerprint density at radius 3 is 2.71 bits per heavy atom. The van der Waals surface area contributed by atoms with Crippen molar-refractivity contribution in [3.8, 4) is 0 Å². The average molecular weight is 257 g/mol. The Balaban J connectivity index is 2.37. The van der Waals surface area contributed by atoms with Crippen LogP contribution in [0.3, 0.4) is 0 Å². The first kappa shape index (κ1) is 14.6. The molecule has 4 heteroatoms. The summed E-state index contributed by atoms with van der Waals surface area (Å²) in [4.78, 5) is 2.63. The van der Waals surface area contributed by atoms with Crippen LogP contribution in [0.25, 0.3) is 0 Å². The van der Waals surface area contributed by atoms with Gasteiger partial charge in [0.1, 0.15) is 0 Å². The first-order valence-electron chi connectivity index (χ1n) is 6.07. The molecule has 0 fully saturated rings. The largest absolute Gasteiger partial charge is 0.388 e. The third kappa shape index (κ3) is 5.64. The molecule has 1 rings (SSSR count). The van der Waals surface area contributed by atoms with E-state index in [1.54, 1.807) is 18.4 Å². The molecule has 0 amide bonds. The predicted molar refractivity (Wildman–Crippen MR) is 72.8 cm³/mol. The number of hydrogen-bond acceptors (Lipinski definition) is 4. The first-order chi connectivity index (χ1) is 8.07. The van der Waals surface area contributed by atoms with E-state index in [4.69, 9.17) is 4.74 Å². The Morgan fingerprint density at radius 1 is 1.41 bits per heavy atom. The lowest BCUT2D eigenvalue weighted by Crippen LogP contribution is -2.40. The molecule has 1 aromatic heterocycles. The molecule has 0 aromatic carbocycles. The van der Waals surface area contributed by atoms with Crippen molar-refractivity contribution in [3.63, 3.8) is 0 Å². The number of aliphatic hydroxyl groups is 1. The van der Waals surface area contributed by atoms with E-state index in [1.807, 2.05) is 6.92 Å². The van der Waals surface area contributed by atoms with Crippen LogP contribution in [0.1, 0.15) is 23.6 Å². The molecule has 0 saturated carbocycles. The monoisotopic (exact) mass is 257 g/mol. The Labute approximate surface area is 108 Å². The lowest BCUT2D eigenvalue weighted by Gasteiger charge is -2.23. The first-order valence-corrected chi connectivity index (χ1v) is 6.88. The molecule has 0 bridgehead atoms. The minimum Gasteiger partial charge on any atom is -0.388 e. The van der Waals surface area contributed by atoms with Crippen LogP contribution in [-0.4, -0.2) is 37.5 Å². The van der Waals surface area contributed by atoms with Crippen molar-refractivity contribution >= 4 is 11.3 Å². The summed E-state index contributed by atoms with van der Waals surface area (Å²) in [6.07, 6.45) is 1.77. The molecule has 0 spiro atoms. The molecule has 17 heavy (non-hydrogen) atoms. The molecule has 0 aliphatic rings. The molecule has 0 aliphatic heterocycles. The molecule has 0 saturated heterocycles. The zero-order valence-corrected chi connectivity index (χ0v) is 11.8. The fraction of sp³-hybridized carbons (Fsp3) is 0.692. The Morgan fingerprint density at radius 2 is 2.12 bits per heavy atom. The van der Waals surface area contributed by atoms with Gasteiger partial charge in [-0.05, 0) is 25.5 Å². The van der Waals surface area contributed by atoms with Gasteiger partial charge in [-0.1, -0.05) is 6.92 Å². The van der Waals surface area contributed by atoms with Crippen LogP contribution in [-0.2, 0) is 17.6 Å². The van der Waals surface area contributed by atoms with E-state index < -0.39 is 5.60 Å². The second kappa shape index (κ2) is 7.11. The highest BCUT2D eigenvalue weighted by molar-refractivity contribution is 7.12. The van der Waals surface area contributed by atoms with Gasteiger partial charge in [-0.25, -0.2) is 0 Å². The molecule has 2 N–H and O–H groups in total. The highest BCUT2D eigenvalue weighted by atomic mass is 32.1. The van der Waals surface area contributed by atoms with Crippen molar-refractivity contribution < 1.29 is 9.84 Å². The SMILES string of the molecule is CCc1ccc(CC(C)(O)CNCCOC)s1. The van der Waals surface area contributed by atoms with E-state index in [2.05, 4.69) is 24.4 Å². The topological polar surface area (TPSA) is 41.5 Å². The number of aryl methyl sites for hydroxylation is 1. The van der Waals surface area contributed by atoms with Gasteiger partial charge < -0.3 is 15.2 Å². The molecule has 98 valence electrons. The predicted octanol–water partition coefficient (Wildman–Crippen LogP) is 1.84. The molecule has 1 unspecified atom stereocenters. The fourth-order valence-electron chi connectivity index (χ4n) is 1.68. The van der Waals surface area contributed by atoms with Crippen molar-refractivity contribution in [1.29, 1.82) is 0 Å². The number of methoxy groups -OCH3 is 1. The van der Waals surface area contributed by atoms with E-state index in [0.29, 0.717) is 19.6 Å². The van der Waals surface area contributed by atoms with Crippen molar-refractivity contribution in [2.45, 2.75) is 32.3 Å². The van der Waals surface area contributed by atoms with Crippen molar-refractivity contribution in [2.75, 3.05) is 26.8 Å². The van der Waals surface area contributed by atoms with Crippen LogP contribution >= 0.6 is 11.3 Å². The quantitative estimate of drug-likeness (QED) is 0.698. The zero-order chi connectivity index (χ0) is 12.7. The summed E-state index contributed by atoms with van der Waals surface area (Å²) in [7, 11) is 1.68. The molecule has 1 aromatic rings. The van der Waals surface area contributed by atoms with Crippen molar-refractivity contribution in [3.05, 3.63) is 21.9 Å². The summed E-state index contributed by atoms with van der Waals surface area (Å²) < 4.78 is 4.95. The highest BCUT2D eigenvalue weighted by Crippen LogP contribution is 2.21. The zero-order valence-electron chi connectivity index (χ0n) is 11.0. The van der Waals surface area contributed by atoms with Crippen LogP contribution in [0.4, 0.5) is 0 Å². The lowest BCUT2D eigenvalue weighted by molar-refractivity contribution is 0.0589. The smallest absolute Gasteiger partial charge is 0.0791 e. The van der Waals surface area contributed by atoms with Gasteiger partial charge >= 0.3 is 0 Å². The van der Waals surface area contributed by atoms with Crippen molar-refractivity contribution in [1.82, 2.24) is 5.32 Å². The molecule has 0 aliphatic carbocycles. The average Bonchev–Trinajstić information content (AvgIpc) is 2.71. The Kier molecular flexibility index (Phi) is 6.12. The van der Waals surface area contributed by atoms with Gasteiger partial charge in [0, 0.05) is 36.4 Å². The van der Waals surface area contributed by atoms with Gasteiger partial charge in [-0.3, -0.25) is 0 Å². The minimum absolute atomic E-state index is 0.593. The maximum Gasteiger partial charge on any atom is 0.0791 e. The van der Waals surface area contributed by atoms with Crippen LogP contribution in [0, 0.1) is 0 Å². The third-order valence-electron chi connectivity index (χ3n) is 2.61. The van der Waals surface area contributed by atoms with E-state index in [0.717, 1.165) is 13.0 Å². The molecular formula is C13H23NO2S. The van der Waals surface area contributed by atoms with Crippen LogP contribution in [0.2, 0.25) is 0 Å². The summed E-state index contributed by atoms with van der Waals surface area (Å²) >= 11 is 1.79. The lowest BCUT2D eigenvalue weighted by atomic mass is 10.0. The van der Waals surface area contributed by atoms with Gasteiger partial charge in [-0.2, -0.15) is 0 Å². The summed E-state index contributed by atoms with van der Waals surface area (Å²) in [6, 6.07) is 4.27. The minimum atomic E-state index is -0.691. The number of hydrogen-bond donors (Lipinski definition) is 2. The van der Waals surface area contributed by atoms with Crippen LogP contribution in [0.15, 0.2) is 12.1 Å². The Bertz CT molecular complexity index is 323. The fourth-order valence-corrected chi connectivity index (χ4v) is 2.81. The second-order valence-electron chi connectivity index (χ2n) is 4.56. The van der Waals surface area contributed by atoms with E-state index in [-0.39, 0.29) is 0 Å². The summed E-state index contributed by atoms with van der Waals surface area (Å²) in [5.41, 5.74) is -0.691. The summed E-state index contributed by atoms with van der Waals surface area (Å²) in [6.45, 7) is 6.07. The van der Waals surface area contributed by atoms with Gasteiger partial charge in [-0.15, -0.1) is 11.3 Å². The summed E-state index contributed by atoms with van der Waals surface area (Å²) in [5.74, 6) is 0.